The van der Waals surface area contributed by atoms with Crippen molar-refractivity contribution in [1.82, 2.24) is 10.2 Å². The number of hydrogen-bond donors (Lipinski definition) is 1. The Morgan fingerprint density at radius 1 is 1.12 bits per heavy atom. The summed E-state index contributed by atoms with van der Waals surface area (Å²) < 4.78 is 0. The topological polar surface area (TPSA) is 32.3 Å². The van der Waals surface area contributed by atoms with E-state index in [1.807, 2.05) is 0 Å². The number of rotatable bonds is 4. The van der Waals surface area contributed by atoms with E-state index in [0.717, 1.165) is 37.4 Å². The van der Waals surface area contributed by atoms with Crippen LogP contribution in [0.2, 0.25) is 0 Å². The second-order valence-corrected chi connectivity index (χ2v) is 5.82. The van der Waals surface area contributed by atoms with Crippen LogP contribution in [-0.4, -0.2) is 37.0 Å². The van der Waals surface area contributed by atoms with Gasteiger partial charge in [0.15, 0.2) is 0 Å². The summed E-state index contributed by atoms with van der Waals surface area (Å²) in [6.07, 6.45) is 6.80. The fraction of sp³-hybridized carbons (Fsp3) is 0.923. The third kappa shape index (κ3) is 3.14. The highest BCUT2D eigenvalue weighted by atomic mass is 35.5. The van der Waals surface area contributed by atoms with Crippen LogP contribution in [0, 0.1) is 17.8 Å². The fourth-order valence-electron chi connectivity index (χ4n) is 3.26. The number of amides is 1. The summed E-state index contributed by atoms with van der Waals surface area (Å²) in [5.74, 6) is 2.85. The van der Waals surface area contributed by atoms with Crippen molar-refractivity contribution >= 4 is 18.3 Å². The van der Waals surface area contributed by atoms with E-state index in [1.165, 1.54) is 32.1 Å². The van der Waals surface area contributed by atoms with Gasteiger partial charge in [-0.2, -0.15) is 0 Å². The first kappa shape index (κ1) is 13.2. The molecule has 1 amide bonds. The van der Waals surface area contributed by atoms with E-state index in [1.54, 1.807) is 0 Å². The Balaban J connectivity index is 0.00000108. The molecule has 0 radical (unpaired) electrons. The number of carbonyl (C=O) groups excluding carboxylic acids is 1. The van der Waals surface area contributed by atoms with Crippen LogP contribution in [0.15, 0.2) is 0 Å². The minimum atomic E-state index is 0. The van der Waals surface area contributed by atoms with Crippen molar-refractivity contribution in [3.8, 4) is 0 Å². The molecule has 4 heteroatoms. The maximum absolute atomic E-state index is 11.9. The van der Waals surface area contributed by atoms with Gasteiger partial charge >= 0.3 is 0 Å². The van der Waals surface area contributed by atoms with Crippen LogP contribution in [0.4, 0.5) is 0 Å². The first-order valence-corrected chi connectivity index (χ1v) is 6.81. The summed E-state index contributed by atoms with van der Waals surface area (Å²) in [5, 5.41) is 3.30. The van der Waals surface area contributed by atoms with Gasteiger partial charge in [0.2, 0.25) is 5.91 Å². The molecule has 3 nitrogen and oxygen atoms in total. The van der Waals surface area contributed by atoms with Gasteiger partial charge < -0.3 is 10.2 Å². The van der Waals surface area contributed by atoms with Gasteiger partial charge in [-0.05, 0) is 50.0 Å². The number of nitrogens with zero attached hydrogens (tertiary/aromatic N) is 1. The molecule has 3 aliphatic rings. The van der Waals surface area contributed by atoms with Crippen LogP contribution in [-0.2, 0) is 4.79 Å². The summed E-state index contributed by atoms with van der Waals surface area (Å²) in [6.45, 7) is 3.69. The van der Waals surface area contributed by atoms with Crippen molar-refractivity contribution in [3.05, 3.63) is 0 Å². The molecule has 2 aliphatic carbocycles. The molecule has 1 heterocycles. The Bertz CT molecular complexity index is 269. The van der Waals surface area contributed by atoms with Crippen molar-refractivity contribution in [2.45, 2.75) is 32.1 Å². The van der Waals surface area contributed by atoms with E-state index in [4.69, 9.17) is 0 Å². The molecule has 2 atom stereocenters. The molecular weight excluding hydrogens is 236 g/mol. The molecule has 0 aromatic heterocycles. The number of halogens is 1. The van der Waals surface area contributed by atoms with E-state index in [-0.39, 0.29) is 12.4 Å². The molecule has 3 rings (SSSR count). The van der Waals surface area contributed by atoms with Gasteiger partial charge in [0.05, 0.1) is 6.54 Å². The molecule has 0 bridgehead atoms. The Morgan fingerprint density at radius 2 is 1.76 bits per heavy atom. The van der Waals surface area contributed by atoms with Gasteiger partial charge in [0, 0.05) is 13.1 Å². The smallest absolute Gasteiger partial charge is 0.236 e. The second-order valence-electron chi connectivity index (χ2n) is 5.82. The van der Waals surface area contributed by atoms with Gasteiger partial charge in [0.1, 0.15) is 0 Å². The Hall–Kier alpha value is -0.280. The van der Waals surface area contributed by atoms with E-state index in [0.29, 0.717) is 12.5 Å². The molecule has 0 spiro atoms. The molecule has 2 unspecified atom stereocenters. The van der Waals surface area contributed by atoms with Crippen molar-refractivity contribution in [1.29, 1.82) is 0 Å². The van der Waals surface area contributed by atoms with E-state index in [2.05, 4.69) is 10.2 Å². The van der Waals surface area contributed by atoms with Crippen molar-refractivity contribution in [3.63, 3.8) is 0 Å². The highest BCUT2D eigenvalue weighted by molar-refractivity contribution is 5.85. The molecular formula is C13H23ClN2O. The normalized spacial score (nSPS) is 31.2. The predicted octanol–water partition coefficient (Wildman–Crippen LogP) is 1.67. The summed E-state index contributed by atoms with van der Waals surface area (Å²) in [5.41, 5.74) is 0. The Labute approximate surface area is 110 Å². The second kappa shape index (κ2) is 5.57. The average Bonchev–Trinajstić information content (AvgIpc) is 2.84. The van der Waals surface area contributed by atoms with Gasteiger partial charge in [0.25, 0.3) is 0 Å². The van der Waals surface area contributed by atoms with Gasteiger partial charge in [-0.1, -0.05) is 6.42 Å². The maximum Gasteiger partial charge on any atom is 0.236 e. The lowest BCUT2D eigenvalue weighted by Crippen LogP contribution is -2.37. The highest BCUT2D eigenvalue weighted by Gasteiger charge is 2.37. The third-order valence-corrected chi connectivity index (χ3v) is 4.49. The number of hydrogen-bond acceptors (Lipinski definition) is 2. The van der Waals surface area contributed by atoms with E-state index in [9.17, 15) is 4.79 Å². The molecule has 17 heavy (non-hydrogen) atoms. The lowest BCUT2D eigenvalue weighted by atomic mass is 10.0. The van der Waals surface area contributed by atoms with Crippen LogP contribution >= 0.6 is 12.4 Å². The Morgan fingerprint density at radius 3 is 2.35 bits per heavy atom. The van der Waals surface area contributed by atoms with E-state index >= 15 is 0 Å². The van der Waals surface area contributed by atoms with Gasteiger partial charge in [-0.15, -0.1) is 12.4 Å². The number of carbonyl (C=O) groups is 1. The zero-order valence-corrected chi connectivity index (χ0v) is 11.2. The maximum atomic E-state index is 11.9. The molecule has 1 aliphatic heterocycles. The third-order valence-electron chi connectivity index (χ3n) is 4.49. The predicted molar refractivity (Wildman–Crippen MR) is 70.3 cm³/mol. The van der Waals surface area contributed by atoms with Gasteiger partial charge in [-0.3, -0.25) is 4.79 Å². The van der Waals surface area contributed by atoms with Crippen molar-refractivity contribution in [2.24, 2.45) is 17.8 Å². The van der Waals surface area contributed by atoms with Crippen LogP contribution in [0.25, 0.3) is 0 Å². The molecule has 98 valence electrons. The summed E-state index contributed by atoms with van der Waals surface area (Å²) in [7, 11) is 0. The van der Waals surface area contributed by atoms with Crippen molar-refractivity contribution in [2.75, 3.05) is 26.2 Å². The number of fused-ring (bicyclic) bond motifs is 1. The molecule has 3 fully saturated rings. The Kier molecular flexibility index (Phi) is 4.31. The summed E-state index contributed by atoms with van der Waals surface area (Å²) in [4.78, 5) is 14.0. The molecule has 0 aromatic rings. The fourth-order valence-corrected chi connectivity index (χ4v) is 3.26. The highest BCUT2D eigenvalue weighted by Crippen LogP contribution is 2.37. The van der Waals surface area contributed by atoms with E-state index < -0.39 is 0 Å². The van der Waals surface area contributed by atoms with Gasteiger partial charge in [-0.25, -0.2) is 0 Å². The summed E-state index contributed by atoms with van der Waals surface area (Å²) in [6, 6.07) is 0. The first-order valence-electron chi connectivity index (χ1n) is 6.81. The monoisotopic (exact) mass is 258 g/mol. The number of likely N-dealkylation sites (tertiary alicyclic amines) is 1. The van der Waals surface area contributed by atoms with Crippen LogP contribution in [0.1, 0.15) is 32.1 Å². The van der Waals surface area contributed by atoms with Crippen LogP contribution < -0.4 is 5.32 Å². The average molecular weight is 259 g/mol. The quantitative estimate of drug-likeness (QED) is 0.832. The standard InChI is InChI=1S/C13H22N2O.ClH/c16-13(7-14-6-10-4-5-10)15-8-11-2-1-3-12(11)9-15;/h10-12,14H,1-9H2;1H. The van der Waals surface area contributed by atoms with Crippen LogP contribution in [0.5, 0.6) is 0 Å². The number of nitrogens with one attached hydrogen (secondary N) is 1. The molecule has 1 N–H and O–H groups in total. The van der Waals surface area contributed by atoms with Crippen LogP contribution in [0.3, 0.4) is 0 Å². The lowest BCUT2D eigenvalue weighted by molar-refractivity contribution is -0.129. The first-order chi connectivity index (χ1) is 7.83. The summed E-state index contributed by atoms with van der Waals surface area (Å²) >= 11 is 0. The molecule has 0 aromatic carbocycles. The zero-order valence-electron chi connectivity index (χ0n) is 10.4. The largest absolute Gasteiger partial charge is 0.341 e. The molecule has 1 saturated heterocycles. The minimum Gasteiger partial charge on any atom is -0.341 e. The lowest BCUT2D eigenvalue weighted by Gasteiger charge is -2.17. The van der Waals surface area contributed by atoms with Crippen molar-refractivity contribution < 1.29 is 4.79 Å². The molecule has 2 saturated carbocycles. The zero-order chi connectivity index (χ0) is 11.0. The minimum absolute atomic E-state index is 0. The SMILES string of the molecule is Cl.O=C(CNCC1CC1)N1CC2CCCC2C1.